The Morgan fingerprint density at radius 3 is 3.05 bits per heavy atom. The zero-order valence-electron chi connectivity index (χ0n) is 11.4. The van der Waals surface area contributed by atoms with Crippen LogP contribution in [0.2, 0.25) is 0 Å². The summed E-state index contributed by atoms with van der Waals surface area (Å²) in [6.07, 6.45) is 4.25. The number of aromatic amines is 1. The van der Waals surface area contributed by atoms with Gasteiger partial charge in [0.2, 0.25) is 0 Å². The van der Waals surface area contributed by atoms with Crippen LogP contribution in [0.5, 0.6) is 0 Å². The molecule has 2 heterocycles. The predicted molar refractivity (Wildman–Crippen MR) is 71.9 cm³/mol. The maximum Gasteiger partial charge on any atom is 0.254 e. The lowest BCUT2D eigenvalue weighted by Gasteiger charge is -2.27. The van der Waals surface area contributed by atoms with Gasteiger partial charge in [0.05, 0.1) is 12.4 Å². The van der Waals surface area contributed by atoms with Crippen LogP contribution in [0.3, 0.4) is 0 Å². The minimum atomic E-state index is 0.0664. The first-order chi connectivity index (χ1) is 9.26. The van der Waals surface area contributed by atoms with Gasteiger partial charge in [-0.3, -0.25) is 9.69 Å². The van der Waals surface area contributed by atoms with E-state index in [9.17, 15) is 4.79 Å². The molecule has 0 aromatic carbocycles. The molecule has 1 fully saturated rings. The van der Waals surface area contributed by atoms with Gasteiger partial charge >= 0.3 is 0 Å². The van der Waals surface area contributed by atoms with Gasteiger partial charge in [0.25, 0.3) is 5.56 Å². The summed E-state index contributed by atoms with van der Waals surface area (Å²) in [6.45, 7) is 4.95. The highest BCUT2D eigenvalue weighted by Crippen LogP contribution is 2.31. The minimum Gasteiger partial charge on any atom is -0.366 e. The van der Waals surface area contributed by atoms with Crippen molar-refractivity contribution in [3.8, 4) is 0 Å². The van der Waals surface area contributed by atoms with Crippen LogP contribution in [0.1, 0.15) is 36.8 Å². The molecule has 0 atom stereocenters. The standard InChI is InChI=1S/C14H21N3O2/c1-2-19-9-17-6-5-11-12(8-17)15-13(16-14(11)18)7-10-3-4-10/h10H,2-9H2,1H3,(H,15,16,18). The van der Waals surface area contributed by atoms with Crippen LogP contribution >= 0.6 is 0 Å². The lowest BCUT2D eigenvalue weighted by molar-refractivity contribution is 0.0268. The molecule has 0 spiro atoms. The summed E-state index contributed by atoms with van der Waals surface area (Å²) >= 11 is 0. The second kappa shape index (κ2) is 5.43. The molecular formula is C14H21N3O2. The van der Waals surface area contributed by atoms with E-state index >= 15 is 0 Å². The monoisotopic (exact) mass is 263 g/mol. The van der Waals surface area contributed by atoms with E-state index in [1.54, 1.807) is 0 Å². The molecule has 1 aliphatic heterocycles. The number of nitrogens with zero attached hydrogens (tertiary/aromatic N) is 2. The first-order valence-corrected chi connectivity index (χ1v) is 7.17. The average molecular weight is 263 g/mol. The molecule has 19 heavy (non-hydrogen) atoms. The highest BCUT2D eigenvalue weighted by atomic mass is 16.5. The molecule has 5 nitrogen and oxygen atoms in total. The predicted octanol–water partition coefficient (Wildman–Crippen LogP) is 1.07. The zero-order valence-corrected chi connectivity index (χ0v) is 11.4. The Hall–Kier alpha value is -1.20. The molecule has 3 rings (SSSR count). The Morgan fingerprint density at radius 1 is 1.47 bits per heavy atom. The van der Waals surface area contributed by atoms with E-state index in [0.29, 0.717) is 6.73 Å². The molecule has 0 unspecified atom stereocenters. The van der Waals surface area contributed by atoms with Crippen molar-refractivity contribution in [3.63, 3.8) is 0 Å². The van der Waals surface area contributed by atoms with Crippen molar-refractivity contribution in [2.45, 2.75) is 39.2 Å². The Balaban J connectivity index is 1.76. The smallest absolute Gasteiger partial charge is 0.254 e. The largest absolute Gasteiger partial charge is 0.366 e. The number of hydrogen-bond donors (Lipinski definition) is 1. The highest BCUT2D eigenvalue weighted by molar-refractivity contribution is 5.21. The van der Waals surface area contributed by atoms with E-state index in [1.165, 1.54) is 12.8 Å². The van der Waals surface area contributed by atoms with Crippen molar-refractivity contribution in [2.75, 3.05) is 19.9 Å². The first-order valence-electron chi connectivity index (χ1n) is 7.17. The SMILES string of the molecule is CCOCN1CCc2c(nc(CC3CC3)[nH]c2=O)C1. The molecule has 0 radical (unpaired) electrons. The summed E-state index contributed by atoms with van der Waals surface area (Å²) in [5, 5.41) is 0. The van der Waals surface area contributed by atoms with Crippen molar-refractivity contribution in [2.24, 2.45) is 5.92 Å². The Kier molecular flexibility index (Phi) is 3.66. The summed E-state index contributed by atoms with van der Waals surface area (Å²) in [5.41, 5.74) is 1.88. The van der Waals surface area contributed by atoms with E-state index in [0.717, 1.165) is 55.5 Å². The van der Waals surface area contributed by atoms with Crippen molar-refractivity contribution in [3.05, 3.63) is 27.4 Å². The fourth-order valence-corrected chi connectivity index (χ4v) is 2.57. The summed E-state index contributed by atoms with van der Waals surface area (Å²) in [4.78, 5) is 21.9. The lowest BCUT2D eigenvalue weighted by Crippen LogP contribution is -2.37. The summed E-state index contributed by atoms with van der Waals surface area (Å²) in [5.74, 6) is 1.61. The molecule has 2 aliphatic rings. The Morgan fingerprint density at radius 2 is 2.32 bits per heavy atom. The number of hydrogen-bond acceptors (Lipinski definition) is 4. The fraction of sp³-hybridized carbons (Fsp3) is 0.714. The Bertz CT molecular complexity index is 508. The average Bonchev–Trinajstić information content (AvgIpc) is 3.20. The lowest BCUT2D eigenvalue weighted by atomic mass is 10.1. The fourth-order valence-electron chi connectivity index (χ4n) is 2.57. The van der Waals surface area contributed by atoms with E-state index in [2.05, 4.69) is 14.9 Å². The van der Waals surface area contributed by atoms with Crippen LogP contribution in [-0.2, 0) is 24.1 Å². The number of fused-ring (bicyclic) bond motifs is 1. The molecule has 104 valence electrons. The van der Waals surface area contributed by atoms with E-state index in [-0.39, 0.29) is 5.56 Å². The van der Waals surface area contributed by atoms with Crippen LogP contribution in [0, 0.1) is 5.92 Å². The third-order valence-electron chi connectivity index (χ3n) is 3.86. The van der Waals surface area contributed by atoms with Gasteiger partial charge in [-0.15, -0.1) is 0 Å². The van der Waals surface area contributed by atoms with Crippen LogP contribution in [0.15, 0.2) is 4.79 Å². The highest BCUT2D eigenvalue weighted by Gasteiger charge is 2.25. The van der Waals surface area contributed by atoms with Gasteiger partial charge in [0.1, 0.15) is 5.82 Å². The second-order valence-electron chi connectivity index (χ2n) is 5.51. The number of aromatic nitrogens is 2. The Labute approximate surface area is 113 Å². The van der Waals surface area contributed by atoms with Crippen molar-refractivity contribution in [1.29, 1.82) is 0 Å². The maximum atomic E-state index is 12.1. The van der Waals surface area contributed by atoms with E-state index < -0.39 is 0 Å². The zero-order chi connectivity index (χ0) is 13.2. The number of H-pyrrole nitrogens is 1. The van der Waals surface area contributed by atoms with Gasteiger partial charge in [0.15, 0.2) is 0 Å². The van der Waals surface area contributed by atoms with Gasteiger partial charge in [-0.05, 0) is 32.1 Å². The molecule has 1 N–H and O–H groups in total. The van der Waals surface area contributed by atoms with Crippen molar-refractivity contribution in [1.82, 2.24) is 14.9 Å². The van der Waals surface area contributed by atoms with Gasteiger partial charge in [-0.1, -0.05) is 0 Å². The molecule has 0 bridgehead atoms. The van der Waals surface area contributed by atoms with Crippen LogP contribution in [0.4, 0.5) is 0 Å². The minimum absolute atomic E-state index is 0.0664. The third-order valence-corrected chi connectivity index (χ3v) is 3.86. The van der Waals surface area contributed by atoms with Crippen molar-refractivity contribution >= 4 is 0 Å². The van der Waals surface area contributed by atoms with Crippen molar-refractivity contribution < 1.29 is 4.74 Å². The molecule has 5 heteroatoms. The number of nitrogens with one attached hydrogen (secondary N) is 1. The first kappa shape index (κ1) is 12.8. The summed E-state index contributed by atoms with van der Waals surface area (Å²) in [6, 6.07) is 0. The van der Waals surface area contributed by atoms with Crippen LogP contribution in [-0.4, -0.2) is 34.8 Å². The van der Waals surface area contributed by atoms with Gasteiger partial charge in [-0.25, -0.2) is 4.98 Å². The van der Waals surface area contributed by atoms with E-state index in [4.69, 9.17) is 4.74 Å². The molecule has 0 saturated heterocycles. The normalized spacial score (nSPS) is 19.4. The molecule has 1 aromatic heterocycles. The van der Waals surface area contributed by atoms with Crippen LogP contribution in [0.25, 0.3) is 0 Å². The molecule has 0 amide bonds. The van der Waals surface area contributed by atoms with E-state index in [1.807, 2.05) is 6.92 Å². The molecule has 1 saturated carbocycles. The topological polar surface area (TPSA) is 58.2 Å². The quantitative estimate of drug-likeness (QED) is 0.863. The molecular weight excluding hydrogens is 242 g/mol. The maximum absolute atomic E-state index is 12.1. The van der Waals surface area contributed by atoms with Gasteiger partial charge in [0, 0.05) is 31.7 Å². The summed E-state index contributed by atoms with van der Waals surface area (Å²) in [7, 11) is 0. The summed E-state index contributed by atoms with van der Waals surface area (Å²) < 4.78 is 5.44. The molecule has 1 aliphatic carbocycles. The molecule has 1 aromatic rings. The van der Waals surface area contributed by atoms with Crippen LogP contribution < -0.4 is 5.56 Å². The second-order valence-corrected chi connectivity index (χ2v) is 5.51. The third kappa shape index (κ3) is 3.04. The number of rotatable bonds is 5. The number of ether oxygens (including phenoxy) is 1. The van der Waals surface area contributed by atoms with Gasteiger partial charge < -0.3 is 9.72 Å². The van der Waals surface area contributed by atoms with Gasteiger partial charge in [-0.2, -0.15) is 0 Å².